The van der Waals surface area contributed by atoms with Gasteiger partial charge in [0.2, 0.25) is 0 Å². The predicted molar refractivity (Wildman–Crippen MR) is 97.0 cm³/mol. The van der Waals surface area contributed by atoms with Gasteiger partial charge >= 0.3 is 0 Å². The summed E-state index contributed by atoms with van der Waals surface area (Å²) in [6.07, 6.45) is 3.64. The average molecular weight is 390 g/mol. The van der Waals surface area contributed by atoms with Gasteiger partial charge < -0.3 is 4.90 Å². The maximum absolute atomic E-state index is 14.2. The summed E-state index contributed by atoms with van der Waals surface area (Å²) in [5, 5.41) is 3.90. The summed E-state index contributed by atoms with van der Waals surface area (Å²) in [6.45, 7) is 1.79. The Labute approximate surface area is 148 Å². The molecule has 1 aliphatic rings. The molecule has 4 nitrogen and oxygen atoms in total. The standard InChI is InChI=1S/C18H17BrFN3O/c19-15-5-3-4-14(11-15)18(24)22-21-12-13-6-7-17(16(20)10-13)23-8-1-2-9-23/h3-7,10-12H,1-2,8-9H2,(H,22,24)/b21-12-. The Hall–Kier alpha value is -2.21. The molecule has 2 aromatic carbocycles. The fourth-order valence-electron chi connectivity index (χ4n) is 2.68. The van der Waals surface area contributed by atoms with Gasteiger partial charge in [0, 0.05) is 23.1 Å². The van der Waals surface area contributed by atoms with Crippen LogP contribution < -0.4 is 10.3 Å². The molecule has 0 radical (unpaired) electrons. The van der Waals surface area contributed by atoms with Crippen LogP contribution in [0.1, 0.15) is 28.8 Å². The molecule has 1 aliphatic heterocycles. The summed E-state index contributed by atoms with van der Waals surface area (Å²) in [6, 6.07) is 12.0. The quantitative estimate of drug-likeness (QED) is 0.635. The first-order valence-corrected chi connectivity index (χ1v) is 8.56. The van der Waals surface area contributed by atoms with Crippen molar-refractivity contribution >= 4 is 33.7 Å². The van der Waals surface area contributed by atoms with E-state index >= 15 is 0 Å². The number of benzene rings is 2. The van der Waals surface area contributed by atoms with Gasteiger partial charge in [-0.15, -0.1) is 0 Å². The zero-order valence-corrected chi connectivity index (χ0v) is 14.6. The molecule has 3 rings (SSSR count). The lowest BCUT2D eigenvalue weighted by atomic mass is 10.2. The number of hydrazone groups is 1. The first-order chi connectivity index (χ1) is 11.6. The van der Waals surface area contributed by atoms with Crippen molar-refractivity contribution in [1.29, 1.82) is 0 Å². The van der Waals surface area contributed by atoms with Gasteiger partial charge in [0.15, 0.2) is 0 Å². The summed E-state index contributed by atoms with van der Waals surface area (Å²) in [5.41, 5.74) is 4.17. The largest absolute Gasteiger partial charge is 0.369 e. The number of anilines is 1. The molecule has 0 unspecified atom stereocenters. The number of halogens is 2. The van der Waals surface area contributed by atoms with Gasteiger partial charge in [0.1, 0.15) is 5.82 Å². The van der Waals surface area contributed by atoms with Crippen molar-refractivity contribution in [3.63, 3.8) is 0 Å². The third-order valence-electron chi connectivity index (χ3n) is 3.89. The number of amides is 1. The van der Waals surface area contributed by atoms with Gasteiger partial charge in [0.05, 0.1) is 11.9 Å². The van der Waals surface area contributed by atoms with E-state index in [0.29, 0.717) is 16.8 Å². The second-order valence-corrected chi connectivity index (χ2v) is 6.53. The molecule has 0 atom stereocenters. The van der Waals surface area contributed by atoms with Crippen LogP contribution in [0.25, 0.3) is 0 Å². The SMILES string of the molecule is O=C(N/N=C\c1ccc(N2CCCC2)c(F)c1)c1cccc(Br)c1. The maximum atomic E-state index is 14.2. The van der Waals surface area contributed by atoms with Gasteiger partial charge in [-0.1, -0.05) is 28.1 Å². The van der Waals surface area contributed by atoms with E-state index in [1.807, 2.05) is 11.0 Å². The van der Waals surface area contributed by atoms with Gasteiger partial charge in [-0.05, 0) is 48.7 Å². The summed E-state index contributed by atoms with van der Waals surface area (Å²) >= 11 is 3.31. The lowest BCUT2D eigenvalue weighted by Gasteiger charge is -2.18. The molecule has 0 aromatic heterocycles. The minimum atomic E-state index is -0.318. The molecule has 24 heavy (non-hydrogen) atoms. The highest BCUT2D eigenvalue weighted by atomic mass is 79.9. The van der Waals surface area contributed by atoms with E-state index in [0.717, 1.165) is 30.4 Å². The van der Waals surface area contributed by atoms with Crippen LogP contribution in [0, 0.1) is 5.82 Å². The number of rotatable bonds is 4. The third kappa shape index (κ3) is 4.00. The second kappa shape index (κ2) is 7.57. The molecule has 1 amide bonds. The van der Waals surface area contributed by atoms with Crippen LogP contribution in [-0.2, 0) is 0 Å². The first kappa shape index (κ1) is 16.6. The lowest BCUT2D eigenvalue weighted by molar-refractivity contribution is 0.0955. The van der Waals surface area contributed by atoms with Gasteiger partial charge in [-0.25, -0.2) is 9.82 Å². The first-order valence-electron chi connectivity index (χ1n) is 7.77. The fraction of sp³-hybridized carbons (Fsp3) is 0.222. The molecule has 0 spiro atoms. The van der Waals surface area contributed by atoms with E-state index in [1.54, 1.807) is 30.3 Å². The number of nitrogens with one attached hydrogen (secondary N) is 1. The van der Waals surface area contributed by atoms with Crippen molar-refractivity contribution in [1.82, 2.24) is 5.43 Å². The monoisotopic (exact) mass is 389 g/mol. The molecular weight excluding hydrogens is 373 g/mol. The Kier molecular flexibility index (Phi) is 5.25. The average Bonchev–Trinajstić information content (AvgIpc) is 3.09. The van der Waals surface area contributed by atoms with E-state index in [-0.39, 0.29) is 11.7 Å². The molecule has 1 fully saturated rings. The molecular formula is C18H17BrFN3O. The van der Waals surface area contributed by atoms with Crippen LogP contribution in [0.3, 0.4) is 0 Å². The van der Waals surface area contributed by atoms with Crippen molar-refractivity contribution in [2.45, 2.75) is 12.8 Å². The van der Waals surface area contributed by atoms with Crippen molar-refractivity contribution < 1.29 is 9.18 Å². The Morgan fingerprint density at radius 1 is 1.21 bits per heavy atom. The van der Waals surface area contributed by atoms with Crippen LogP contribution in [0.5, 0.6) is 0 Å². The summed E-state index contributed by atoms with van der Waals surface area (Å²) in [5.74, 6) is -0.583. The van der Waals surface area contributed by atoms with Crippen molar-refractivity contribution in [2.24, 2.45) is 5.10 Å². The zero-order valence-electron chi connectivity index (χ0n) is 13.0. The fourth-order valence-corrected chi connectivity index (χ4v) is 3.08. The van der Waals surface area contributed by atoms with Crippen molar-refractivity contribution in [2.75, 3.05) is 18.0 Å². The molecule has 0 bridgehead atoms. The number of hydrogen-bond donors (Lipinski definition) is 1. The molecule has 1 heterocycles. The van der Waals surface area contributed by atoms with Gasteiger partial charge in [0.25, 0.3) is 5.91 Å². The van der Waals surface area contributed by atoms with E-state index < -0.39 is 0 Å². The Morgan fingerprint density at radius 2 is 2.00 bits per heavy atom. The highest BCUT2D eigenvalue weighted by Crippen LogP contribution is 2.23. The maximum Gasteiger partial charge on any atom is 0.271 e. The molecule has 0 aliphatic carbocycles. The number of carbonyl (C=O) groups is 1. The zero-order chi connectivity index (χ0) is 16.9. The van der Waals surface area contributed by atoms with Crippen LogP contribution in [0.15, 0.2) is 52.0 Å². The Morgan fingerprint density at radius 3 is 2.71 bits per heavy atom. The topological polar surface area (TPSA) is 44.7 Å². The smallest absolute Gasteiger partial charge is 0.271 e. The summed E-state index contributed by atoms with van der Waals surface area (Å²) in [4.78, 5) is 14.0. The minimum Gasteiger partial charge on any atom is -0.369 e. The van der Waals surface area contributed by atoms with E-state index in [2.05, 4.69) is 26.5 Å². The summed E-state index contributed by atoms with van der Waals surface area (Å²) < 4.78 is 15.0. The molecule has 124 valence electrons. The highest BCUT2D eigenvalue weighted by molar-refractivity contribution is 9.10. The Balaban J connectivity index is 1.64. The highest BCUT2D eigenvalue weighted by Gasteiger charge is 2.15. The van der Waals surface area contributed by atoms with Crippen LogP contribution >= 0.6 is 15.9 Å². The number of nitrogens with zero attached hydrogens (tertiary/aromatic N) is 2. The van der Waals surface area contributed by atoms with Crippen molar-refractivity contribution in [3.05, 3.63) is 63.9 Å². The second-order valence-electron chi connectivity index (χ2n) is 5.61. The molecule has 2 aromatic rings. The number of carbonyl (C=O) groups excluding carboxylic acids is 1. The molecule has 0 saturated carbocycles. The van der Waals surface area contributed by atoms with E-state index in [9.17, 15) is 9.18 Å². The number of hydrogen-bond acceptors (Lipinski definition) is 3. The van der Waals surface area contributed by atoms with E-state index in [4.69, 9.17) is 0 Å². The Bertz CT molecular complexity index is 773. The summed E-state index contributed by atoms with van der Waals surface area (Å²) in [7, 11) is 0. The van der Waals surface area contributed by atoms with Gasteiger partial charge in [-0.3, -0.25) is 4.79 Å². The predicted octanol–water partition coefficient (Wildman–Crippen LogP) is 3.95. The third-order valence-corrected chi connectivity index (χ3v) is 4.38. The minimum absolute atomic E-state index is 0.265. The molecule has 1 N–H and O–H groups in total. The van der Waals surface area contributed by atoms with E-state index in [1.165, 1.54) is 12.3 Å². The van der Waals surface area contributed by atoms with Crippen LogP contribution in [0.2, 0.25) is 0 Å². The molecule has 6 heteroatoms. The lowest BCUT2D eigenvalue weighted by Crippen LogP contribution is -2.19. The normalized spacial score (nSPS) is 14.3. The molecule has 1 saturated heterocycles. The van der Waals surface area contributed by atoms with Gasteiger partial charge in [-0.2, -0.15) is 5.10 Å². The van der Waals surface area contributed by atoms with Crippen LogP contribution in [0.4, 0.5) is 10.1 Å². The van der Waals surface area contributed by atoms with Crippen LogP contribution in [-0.4, -0.2) is 25.2 Å². The van der Waals surface area contributed by atoms with Crippen molar-refractivity contribution in [3.8, 4) is 0 Å².